The van der Waals surface area contributed by atoms with Crippen LogP contribution in [0.2, 0.25) is 0 Å². The number of hydrogen-bond donors (Lipinski definition) is 1. The molecule has 0 aromatic carbocycles. The standard InChI is InChI=1S/C20H32O2.C16H26O3.C12H20O4.C10H16O4/c1-5-19(3,4)18(21)22-20(6-2)11-14-10-15(20)17-13-8-7-12(9-13)16(14)17;1-4-14(2,3)13(17)19-16-8-11-5-12(9-16)7-15(18,6-11)10-16;1-6-11(2,3)10(14)16-8-9(13)15-7-12(8,4)5;1-4-10(2,3)9(12)14-7-5-6-13-8(7)11/h12-17H,5-11H2,1-4H3;11-12,18H,4-10H2,1-3H3;8H,6-7H2,1-5H3;7H,4-6H2,1-3H3. The lowest BCUT2D eigenvalue weighted by atomic mass is 9.52. The molecule has 1 N–H and O–H groups in total. The van der Waals surface area contributed by atoms with E-state index in [4.69, 9.17) is 28.4 Å². The number of carbonyl (C=O) groups is 6. The molecule has 8 aliphatic carbocycles. The van der Waals surface area contributed by atoms with Gasteiger partial charge in [0.1, 0.15) is 17.8 Å². The van der Waals surface area contributed by atoms with Crippen molar-refractivity contribution >= 4 is 35.8 Å². The number of cyclic esters (lactones) is 2. The second-order valence-corrected chi connectivity index (χ2v) is 27.0. The molecule has 404 valence electrons. The number of ether oxygens (including phenoxy) is 6. The zero-order valence-corrected chi connectivity index (χ0v) is 46.6. The van der Waals surface area contributed by atoms with Crippen molar-refractivity contribution < 1.29 is 62.3 Å². The highest BCUT2D eigenvalue weighted by molar-refractivity contribution is 5.84. The van der Waals surface area contributed by atoms with Gasteiger partial charge < -0.3 is 33.5 Å². The van der Waals surface area contributed by atoms with Crippen LogP contribution in [0.1, 0.15) is 213 Å². The summed E-state index contributed by atoms with van der Waals surface area (Å²) in [6, 6.07) is 0. The van der Waals surface area contributed by atoms with Crippen LogP contribution in [-0.2, 0) is 57.2 Å². The summed E-state index contributed by atoms with van der Waals surface area (Å²) >= 11 is 0. The molecule has 0 spiro atoms. The summed E-state index contributed by atoms with van der Waals surface area (Å²) in [7, 11) is 0. The van der Waals surface area contributed by atoms with Crippen molar-refractivity contribution in [3.63, 3.8) is 0 Å². The van der Waals surface area contributed by atoms with E-state index in [-0.39, 0.29) is 40.5 Å². The van der Waals surface area contributed by atoms with Gasteiger partial charge in [-0.1, -0.05) is 48.5 Å². The Kier molecular flexibility index (Phi) is 16.7. The number of aliphatic hydroxyl groups is 1. The lowest BCUT2D eigenvalue weighted by Gasteiger charge is -2.59. The van der Waals surface area contributed by atoms with E-state index in [9.17, 15) is 33.9 Å². The van der Waals surface area contributed by atoms with Gasteiger partial charge in [0.2, 0.25) is 12.2 Å². The fourth-order valence-electron chi connectivity index (χ4n) is 13.9. The minimum atomic E-state index is -0.772. The van der Waals surface area contributed by atoms with Crippen LogP contribution in [0.5, 0.6) is 0 Å². The van der Waals surface area contributed by atoms with Gasteiger partial charge in [0.25, 0.3) is 0 Å². The van der Waals surface area contributed by atoms with Crippen molar-refractivity contribution in [3.05, 3.63) is 0 Å². The second-order valence-electron chi connectivity index (χ2n) is 27.0. The first-order valence-electron chi connectivity index (χ1n) is 27.8. The normalized spacial score (nSPS) is 36.7. The molecule has 13 nitrogen and oxygen atoms in total. The molecule has 10 aliphatic rings. The van der Waals surface area contributed by atoms with Crippen LogP contribution in [0.15, 0.2) is 0 Å². The zero-order chi connectivity index (χ0) is 52.9. The highest BCUT2D eigenvalue weighted by Gasteiger charge is 2.68. The minimum Gasteiger partial charge on any atom is -0.463 e. The van der Waals surface area contributed by atoms with E-state index in [2.05, 4.69) is 13.8 Å². The maximum absolute atomic E-state index is 12.7. The third-order valence-electron chi connectivity index (χ3n) is 19.7. The van der Waals surface area contributed by atoms with Crippen LogP contribution in [0, 0.1) is 74.4 Å². The molecule has 2 heterocycles. The van der Waals surface area contributed by atoms with Gasteiger partial charge in [-0.05, 0) is 193 Å². The molecule has 11 atom stereocenters. The van der Waals surface area contributed by atoms with Crippen LogP contribution in [0.25, 0.3) is 0 Å². The van der Waals surface area contributed by atoms with Crippen LogP contribution in [0.4, 0.5) is 0 Å². The summed E-state index contributed by atoms with van der Waals surface area (Å²) in [5, 5.41) is 10.6. The van der Waals surface area contributed by atoms with E-state index in [1.165, 1.54) is 32.1 Å². The Morgan fingerprint density at radius 1 is 0.592 bits per heavy atom. The lowest BCUT2D eigenvalue weighted by molar-refractivity contribution is -0.225. The number of esters is 6. The Bertz CT molecular complexity index is 1970. The zero-order valence-electron chi connectivity index (χ0n) is 46.6. The van der Waals surface area contributed by atoms with Gasteiger partial charge in [-0.2, -0.15) is 0 Å². The molecule has 0 aromatic heterocycles. The quantitative estimate of drug-likeness (QED) is 0.105. The summed E-state index contributed by atoms with van der Waals surface area (Å²) in [4.78, 5) is 71.0. The first-order valence-corrected chi connectivity index (χ1v) is 27.8. The average Bonchev–Trinajstić information content (AvgIpc) is 4.17. The van der Waals surface area contributed by atoms with Gasteiger partial charge in [-0.15, -0.1) is 0 Å². The molecule has 10 rings (SSSR count). The van der Waals surface area contributed by atoms with Gasteiger partial charge in [0, 0.05) is 24.2 Å². The Balaban J connectivity index is 0.000000157. The summed E-state index contributed by atoms with van der Waals surface area (Å²) in [6.45, 7) is 29.7. The summed E-state index contributed by atoms with van der Waals surface area (Å²) < 4.78 is 32.2. The molecule has 11 unspecified atom stereocenters. The van der Waals surface area contributed by atoms with E-state index < -0.39 is 51.4 Å². The van der Waals surface area contributed by atoms with E-state index >= 15 is 0 Å². The molecular weight excluding hydrogens is 905 g/mol. The monoisotopic (exact) mass is 999 g/mol. The predicted octanol–water partition coefficient (Wildman–Crippen LogP) is 11.1. The fourth-order valence-corrected chi connectivity index (χ4v) is 13.9. The van der Waals surface area contributed by atoms with Crippen molar-refractivity contribution in [2.45, 2.75) is 242 Å². The third-order valence-corrected chi connectivity index (χ3v) is 19.7. The number of fused-ring (bicyclic) bond motifs is 9. The Hall–Kier alpha value is -3.22. The van der Waals surface area contributed by atoms with Gasteiger partial charge in [0.15, 0.2) is 0 Å². The first-order chi connectivity index (χ1) is 32.8. The molecule has 0 aromatic rings. The summed E-state index contributed by atoms with van der Waals surface area (Å²) in [5.41, 5.74) is -3.30. The van der Waals surface area contributed by atoms with Gasteiger partial charge in [0.05, 0.1) is 33.9 Å². The first kappa shape index (κ1) is 57.1. The molecule has 10 fully saturated rings. The molecule has 0 amide bonds. The topological polar surface area (TPSA) is 178 Å². The highest BCUT2D eigenvalue weighted by Crippen LogP contribution is 2.71. The maximum atomic E-state index is 12.7. The van der Waals surface area contributed by atoms with Gasteiger partial charge in [-0.25, -0.2) is 9.59 Å². The number of carbonyl (C=O) groups excluding carboxylic acids is 6. The number of hydrogen-bond acceptors (Lipinski definition) is 13. The van der Waals surface area contributed by atoms with Crippen LogP contribution in [0.3, 0.4) is 0 Å². The fraction of sp³-hybridized carbons (Fsp3) is 0.897. The largest absolute Gasteiger partial charge is 0.463 e. The molecule has 13 heteroatoms. The summed E-state index contributed by atoms with van der Waals surface area (Å²) in [5.74, 6) is 4.90. The molecule has 0 radical (unpaired) electrons. The van der Waals surface area contributed by atoms with Crippen LogP contribution >= 0.6 is 0 Å². The minimum absolute atomic E-state index is 0.0455. The van der Waals surface area contributed by atoms with E-state index in [0.29, 0.717) is 56.7 Å². The Morgan fingerprint density at radius 2 is 1.10 bits per heavy atom. The maximum Gasteiger partial charge on any atom is 0.348 e. The Labute approximate surface area is 426 Å². The molecule has 8 bridgehead atoms. The number of rotatable bonds is 13. The van der Waals surface area contributed by atoms with Crippen LogP contribution < -0.4 is 0 Å². The molecule has 8 saturated carbocycles. The van der Waals surface area contributed by atoms with Crippen molar-refractivity contribution in [2.24, 2.45) is 74.4 Å². The molecular formula is C58H94O13. The predicted molar refractivity (Wildman–Crippen MR) is 268 cm³/mol. The summed E-state index contributed by atoms with van der Waals surface area (Å²) in [6.07, 6.45) is 15.6. The van der Waals surface area contributed by atoms with E-state index in [1.807, 2.05) is 76.2 Å². The molecule has 2 aliphatic heterocycles. The van der Waals surface area contributed by atoms with Crippen molar-refractivity contribution in [1.29, 1.82) is 0 Å². The highest BCUT2D eigenvalue weighted by atomic mass is 16.6. The smallest absolute Gasteiger partial charge is 0.348 e. The molecule has 71 heavy (non-hydrogen) atoms. The van der Waals surface area contributed by atoms with Crippen molar-refractivity contribution in [3.8, 4) is 0 Å². The Morgan fingerprint density at radius 3 is 1.56 bits per heavy atom. The SMILES string of the molecule is CCC(C)(C)C(=O)OC1(CC)CC2CC1C1C3CCC(C3)C21.CCC(C)(C)C(=O)OC12CC3CC(CC(O)(C3)C1)C2.CCC(C)(C)C(=O)OC1C(=O)OCC1(C)C.CCC(C)(C)C(=O)OC1CCOC1=O. The average molecular weight is 999 g/mol. The van der Waals surface area contributed by atoms with E-state index in [1.54, 1.807) is 13.8 Å². The van der Waals surface area contributed by atoms with Crippen molar-refractivity contribution in [2.75, 3.05) is 13.2 Å². The molecule has 2 saturated heterocycles. The lowest BCUT2D eigenvalue weighted by Crippen LogP contribution is -2.61. The van der Waals surface area contributed by atoms with Crippen LogP contribution in [-0.4, -0.2) is 83.1 Å². The van der Waals surface area contributed by atoms with Gasteiger partial charge >= 0.3 is 35.8 Å². The van der Waals surface area contributed by atoms with Crippen molar-refractivity contribution in [1.82, 2.24) is 0 Å². The van der Waals surface area contributed by atoms with Gasteiger partial charge in [-0.3, -0.25) is 19.2 Å². The third kappa shape index (κ3) is 11.9. The van der Waals surface area contributed by atoms with E-state index in [0.717, 1.165) is 81.0 Å². The second kappa shape index (κ2) is 20.8.